The van der Waals surface area contributed by atoms with Gasteiger partial charge in [0.15, 0.2) is 0 Å². The van der Waals surface area contributed by atoms with E-state index in [1.807, 2.05) is 18.7 Å². The molecular formula is C13H20N4O. The Bertz CT molecular complexity index is 474. The highest BCUT2D eigenvalue weighted by atomic mass is 16.2. The molecule has 0 saturated heterocycles. The molecule has 1 aromatic heterocycles. The third kappa shape index (κ3) is 2.39. The third-order valence-electron chi connectivity index (χ3n) is 3.36. The minimum Gasteiger partial charge on any atom is -0.396 e. The second kappa shape index (κ2) is 4.84. The highest BCUT2D eigenvalue weighted by Gasteiger charge is 2.31. The van der Waals surface area contributed by atoms with Crippen LogP contribution in [-0.4, -0.2) is 33.2 Å². The highest BCUT2D eigenvalue weighted by molar-refractivity contribution is 5.77. The molecule has 0 unspecified atom stereocenters. The second-order valence-electron chi connectivity index (χ2n) is 4.81. The number of hydrogen-bond donors (Lipinski definition) is 1. The van der Waals surface area contributed by atoms with E-state index in [9.17, 15) is 4.79 Å². The van der Waals surface area contributed by atoms with E-state index in [2.05, 4.69) is 11.7 Å². The van der Waals surface area contributed by atoms with Gasteiger partial charge in [0, 0.05) is 12.6 Å². The summed E-state index contributed by atoms with van der Waals surface area (Å²) in [6.07, 6.45) is 3.96. The molecular weight excluding hydrogens is 228 g/mol. The van der Waals surface area contributed by atoms with Crippen LogP contribution in [0.25, 0.3) is 0 Å². The summed E-state index contributed by atoms with van der Waals surface area (Å²) in [5.74, 6) is 0.0861. The van der Waals surface area contributed by atoms with E-state index >= 15 is 0 Å². The number of carbonyl (C=O) groups excluding carboxylic acids is 1. The van der Waals surface area contributed by atoms with E-state index in [1.54, 1.807) is 10.8 Å². The molecule has 5 nitrogen and oxygen atoms in total. The van der Waals surface area contributed by atoms with Gasteiger partial charge < -0.3 is 10.6 Å². The topological polar surface area (TPSA) is 64.2 Å². The van der Waals surface area contributed by atoms with Gasteiger partial charge in [0.2, 0.25) is 5.91 Å². The Labute approximate surface area is 107 Å². The Hall–Kier alpha value is -1.78. The van der Waals surface area contributed by atoms with Crippen LogP contribution >= 0.6 is 0 Å². The average Bonchev–Trinajstić information content (AvgIpc) is 3.13. The number of rotatable bonds is 5. The van der Waals surface area contributed by atoms with Gasteiger partial charge in [0.25, 0.3) is 0 Å². The fourth-order valence-electron chi connectivity index (χ4n) is 2.06. The number of amides is 1. The normalized spacial score (nSPS) is 14.6. The van der Waals surface area contributed by atoms with E-state index in [0.29, 0.717) is 18.3 Å². The quantitative estimate of drug-likeness (QED) is 0.798. The van der Waals surface area contributed by atoms with E-state index in [0.717, 1.165) is 24.2 Å². The van der Waals surface area contributed by atoms with Crippen LogP contribution in [-0.2, 0) is 11.3 Å². The van der Waals surface area contributed by atoms with Gasteiger partial charge in [-0.25, -0.2) is 0 Å². The van der Waals surface area contributed by atoms with Crippen LogP contribution in [0.5, 0.6) is 0 Å². The molecule has 0 bridgehead atoms. The fourth-order valence-corrected chi connectivity index (χ4v) is 2.06. The number of hydrogen-bond acceptors (Lipinski definition) is 3. The summed E-state index contributed by atoms with van der Waals surface area (Å²) in [7, 11) is 0. The number of nitrogens with two attached hydrogens (primary N) is 1. The van der Waals surface area contributed by atoms with Gasteiger partial charge in [-0.15, -0.1) is 6.58 Å². The van der Waals surface area contributed by atoms with Crippen molar-refractivity contribution in [2.24, 2.45) is 0 Å². The summed E-state index contributed by atoms with van der Waals surface area (Å²) >= 11 is 0. The molecule has 1 fully saturated rings. The van der Waals surface area contributed by atoms with Crippen LogP contribution in [0.3, 0.4) is 0 Å². The SMILES string of the molecule is C=CCN(C(=O)Cn1nc(C)c(N)c1C)C1CC1. The minimum atomic E-state index is 0.0861. The molecule has 0 spiro atoms. The molecule has 98 valence electrons. The zero-order valence-electron chi connectivity index (χ0n) is 11.0. The van der Waals surface area contributed by atoms with Crippen molar-refractivity contribution in [3.05, 3.63) is 24.0 Å². The van der Waals surface area contributed by atoms with Crippen molar-refractivity contribution in [3.63, 3.8) is 0 Å². The molecule has 0 aromatic carbocycles. The molecule has 2 rings (SSSR count). The van der Waals surface area contributed by atoms with Crippen LogP contribution in [0.1, 0.15) is 24.2 Å². The Balaban J connectivity index is 2.09. The van der Waals surface area contributed by atoms with Gasteiger partial charge in [-0.1, -0.05) is 6.08 Å². The first kappa shape index (κ1) is 12.7. The molecule has 1 aliphatic rings. The van der Waals surface area contributed by atoms with Crippen molar-refractivity contribution < 1.29 is 4.79 Å². The molecule has 0 atom stereocenters. The number of anilines is 1. The maximum Gasteiger partial charge on any atom is 0.244 e. The molecule has 1 heterocycles. The van der Waals surface area contributed by atoms with Crippen molar-refractivity contribution in [2.75, 3.05) is 12.3 Å². The monoisotopic (exact) mass is 248 g/mol. The van der Waals surface area contributed by atoms with Gasteiger partial charge in [-0.2, -0.15) is 5.10 Å². The first-order valence-electron chi connectivity index (χ1n) is 6.24. The summed E-state index contributed by atoms with van der Waals surface area (Å²) < 4.78 is 1.69. The van der Waals surface area contributed by atoms with Gasteiger partial charge in [-0.05, 0) is 26.7 Å². The summed E-state index contributed by atoms with van der Waals surface area (Å²) in [4.78, 5) is 14.1. The summed E-state index contributed by atoms with van der Waals surface area (Å²) in [6, 6.07) is 0.393. The first-order chi connectivity index (χ1) is 8.54. The van der Waals surface area contributed by atoms with Crippen molar-refractivity contribution in [3.8, 4) is 0 Å². The summed E-state index contributed by atoms with van der Waals surface area (Å²) in [5, 5.41) is 4.29. The van der Waals surface area contributed by atoms with Crippen molar-refractivity contribution in [1.82, 2.24) is 14.7 Å². The maximum atomic E-state index is 12.2. The zero-order valence-corrected chi connectivity index (χ0v) is 11.0. The van der Waals surface area contributed by atoms with Gasteiger partial charge in [0.05, 0.1) is 17.1 Å². The van der Waals surface area contributed by atoms with Crippen LogP contribution in [0.15, 0.2) is 12.7 Å². The van der Waals surface area contributed by atoms with Gasteiger partial charge in [-0.3, -0.25) is 9.48 Å². The van der Waals surface area contributed by atoms with Crippen molar-refractivity contribution in [1.29, 1.82) is 0 Å². The average molecular weight is 248 g/mol. The standard InChI is InChI=1S/C13H20N4O/c1-4-7-16(11-5-6-11)12(18)8-17-10(3)13(14)9(2)15-17/h4,11H,1,5-8,14H2,2-3H3. The molecule has 18 heavy (non-hydrogen) atoms. The van der Waals surface area contributed by atoms with E-state index in [-0.39, 0.29) is 12.5 Å². The Kier molecular flexibility index (Phi) is 3.41. The maximum absolute atomic E-state index is 12.2. The number of carbonyl (C=O) groups is 1. The molecule has 0 aliphatic heterocycles. The molecule has 1 aromatic rings. The van der Waals surface area contributed by atoms with Crippen LogP contribution in [0.4, 0.5) is 5.69 Å². The summed E-state index contributed by atoms with van der Waals surface area (Å²) in [5.41, 5.74) is 8.17. The molecule has 1 saturated carbocycles. The van der Waals surface area contributed by atoms with Crippen LogP contribution in [0, 0.1) is 13.8 Å². The lowest BCUT2D eigenvalue weighted by Gasteiger charge is -2.20. The first-order valence-corrected chi connectivity index (χ1v) is 6.24. The van der Waals surface area contributed by atoms with Crippen LogP contribution < -0.4 is 5.73 Å². The number of nitrogens with zero attached hydrogens (tertiary/aromatic N) is 3. The third-order valence-corrected chi connectivity index (χ3v) is 3.36. The highest BCUT2D eigenvalue weighted by Crippen LogP contribution is 2.27. The lowest BCUT2D eigenvalue weighted by Crippen LogP contribution is -2.36. The van der Waals surface area contributed by atoms with Gasteiger partial charge in [0.1, 0.15) is 6.54 Å². The lowest BCUT2D eigenvalue weighted by molar-refractivity contribution is -0.132. The second-order valence-corrected chi connectivity index (χ2v) is 4.81. The van der Waals surface area contributed by atoms with E-state index in [4.69, 9.17) is 5.73 Å². The molecule has 5 heteroatoms. The predicted octanol–water partition coefficient (Wildman–Crippen LogP) is 1.26. The lowest BCUT2D eigenvalue weighted by atomic mass is 10.3. The Morgan fingerprint density at radius 2 is 2.28 bits per heavy atom. The van der Waals surface area contributed by atoms with Gasteiger partial charge >= 0.3 is 0 Å². The Morgan fingerprint density at radius 1 is 1.61 bits per heavy atom. The number of nitrogen functional groups attached to an aromatic ring is 1. The zero-order chi connectivity index (χ0) is 13.3. The number of aryl methyl sites for hydroxylation is 1. The molecule has 1 amide bonds. The summed E-state index contributed by atoms with van der Waals surface area (Å²) in [6.45, 7) is 8.31. The van der Waals surface area contributed by atoms with E-state index < -0.39 is 0 Å². The van der Waals surface area contributed by atoms with Crippen molar-refractivity contribution in [2.45, 2.75) is 39.3 Å². The predicted molar refractivity (Wildman–Crippen MR) is 71.0 cm³/mol. The fraction of sp³-hybridized carbons (Fsp3) is 0.538. The molecule has 0 radical (unpaired) electrons. The largest absolute Gasteiger partial charge is 0.396 e. The molecule has 1 aliphatic carbocycles. The number of aromatic nitrogens is 2. The Morgan fingerprint density at radius 3 is 2.72 bits per heavy atom. The van der Waals surface area contributed by atoms with Crippen LogP contribution in [0.2, 0.25) is 0 Å². The van der Waals surface area contributed by atoms with E-state index in [1.165, 1.54) is 0 Å². The smallest absolute Gasteiger partial charge is 0.244 e. The minimum absolute atomic E-state index is 0.0861. The molecule has 2 N–H and O–H groups in total. The van der Waals surface area contributed by atoms with Crippen molar-refractivity contribution >= 4 is 11.6 Å².